The van der Waals surface area contributed by atoms with Gasteiger partial charge in [-0.15, -0.1) is 0 Å². The maximum Gasteiger partial charge on any atom is 0.354 e. The van der Waals surface area contributed by atoms with Crippen LogP contribution in [0.3, 0.4) is 0 Å². The summed E-state index contributed by atoms with van der Waals surface area (Å²) < 4.78 is 6.85. The zero-order chi connectivity index (χ0) is 19.0. The lowest BCUT2D eigenvalue weighted by atomic mass is 10.2. The fourth-order valence-electron chi connectivity index (χ4n) is 2.68. The van der Waals surface area contributed by atoms with E-state index in [0.29, 0.717) is 27.5 Å². The molecule has 0 aliphatic rings. The second kappa shape index (κ2) is 7.57. The molecule has 0 aliphatic carbocycles. The van der Waals surface area contributed by atoms with Crippen LogP contribution in [0.5, 0.6) is 5.75 Å². The molecule has 1 N–H and O–H groups in total. The molecule has 1 aromatic heterocycles. The van der Waals surface area contributed by atoms with Gasteiger partial charge in [0.2, 0.25) is 0 Å². The predicted octanol–water partition coefficient (Wildman–Crippen LogP) is 6.19. The molecule has 4 nitrogen and oxygen atoms in total. The number of aromatic nitrogens is 1. The SMILES string of the molecule is CCOC(=O)c1cc2c(Cl)c(O)c(Cl)cc2n1Cc1ccc(Cl)c(Cl)c1. The van der Waals surface area contributed by atoms with Crippen molar-refractivity contribution in [2.75, 3.05) is 6.61 Å². The van der Waals surface area contributed by atoms with Gasteiger partial charge in [0, 0.05) is 11.9 Å². The first-order chi connectivity index (χ1) is 12.3. The predicted molar refractivity (Wildman–Crippen MR) is 105 cm³/mol. The smallest absolute Gasteiger partial charge is 0.354 e. The van der Waals surface area contributed by atoms with E-state index in [1.807, 2.05) is 0 Å². The Morgan fingerprint density at radius 2 is 1.81 bits per heavy atom. The third-order valence-electron chi connectivity index (χ3n) is 3.88. The number of fused-ring (bicyclic) bond motifs is 1. The van der Waals surface area contributed by atoms with Gasteiger partial charge < -0.3 is 14.4 Å². The first-order valence-corrected chi connectivity index (χ1v) is 9.16. The Balaban J connectivity index is 2.21. The minimum atomic E-state index is -0.504. The number of phenolic OH excluding ortho intramolecular Hbond substituents is 1. The first kappa shape index (κ1) is 19.2. The summed E-state index contributed by atoms with van der Waals surface area (Å²) in [5, 5.41) is 11.5. The number of rotatable bonds is 4. The van der Waals surface area contributed by atoms with Gasteiger partial charge in [-0.05, 0) is 36.8 Å². The Morgan fingerprint density at radius 3 is 2.46 bits per heavy atom. The molecule has 3 aromatic rings. The summed E-state index contributed by atoms with van der Waals surface area (Å²) in [7, 11) is 0. The largest absolute Gasteiger partial charge is 0.505 e. The molecule has 0 unspecified atom stereocenters. The van der Waals surface area contributed by atoms with E-state index in [-0.39, 0.29) is 28.1 Å². The van der Waals surface area contributed by atoms with E-state index in [4.69, 9.17) is 51.1 Å². The molecule has 0 radical (unpaired) electrons. The Labute approximate surface area is 169 Å². The first-order valence-electron chi connectivity index (χ1n) is 7.64. The average molecular weight is 433 g/mol. The monoisotopic (exact) mass is 431 g/mol. The van der Waals surface area contributed by atoms with Crippen LogP contribution in [0.15, 0.2) is 30.3 Å². The van der Waals surface area contributed by atoms with Crippen molar-refractivity contribution in [3.8, 4) is 5.75 Å². The van der Waals surface area contributed by atoms with E-state index in [1.165, 1.54) is 0 Å². The quantitative estimate of drug-likeness (QED) is 0.500. The Bertz CT molecular complexity index is 1010. The van der Waals surface area contributed by atoms with Crippen LogP contribution in [0.2, 0.25) is 20.1 Å². The number of aromatic hydroxyl groups is 1. The highest BCUT2D eigenvalue weighted by atomic mass is 35.5. The standard InChI is InChI=1S/C18H13Cl4NO3/c1-2-26-18(25)15-6-10-14(7-13(21)17(24)16(10)22)23(15)8-9-3-4-11(19)12(20)5-9/h3-7,24H,2,8H2,1H3. The third-order valence-corrected chi connectivity index (χ3v) is 5.29. The van der Waals surface area contributed by atoms with Crippen molar-refractivity contribution in [2.45, 2.75) is 13.5 Å². The molecule has 136 valence electrons. The summed E-state index contributed by atoms with van der Waals surface area (Å²) in [6.07, 6.45) is 0. The number of hydrogen-bond acceptors (Lipinski definition) is 3. The van der Waals surface area contributed by atoms with E-state index in [9.17, 15) is 9.90 Å². The van der Waals surface area contributed by atoms with Crippen molar-refractivity contribution in [1.82, 2.24) is 4.57 Å². The van der Waals surface area contributed by atoms with Crippen LogP contribution in [0, 0.1) is 0 Å². The van der Waals surface area contributed by atoms with Crippen molar-refractivity contribution in [3.63, 3.8) is 0 Å². The van der Waals surface area contributed by atoms with Crippen LogP contribution < -0.4 is 0 Å². The van der Waals surface area contributed by atoms with Crippen molar-refractivity contribution in [1.29, 1.82) is 0 Å². The number of phenols is 1. The second-order valence-corrected chi connectivity index (χ2v) is 7.14. The molecule has 0 fully saturated rings. The van der Waals surface area contributed by atoms with E-state index in [1.54, 1.807) is 41.8 Å². The summed E-state index contributed by atoms with van der Waals surface area (Å²) in [5.41, 5.74) is 1.70. The maximum absolute atomic E-state index is 12.4. The number of ether oxygens (including phenoxy) is 1. The Kier molecular flexibility index (Phi) is 5.58. The Hall–Kier alpha value is -1.59. The van der Waals surface area contributed by atoms with Crippen LogP contribution in [-0.2, 0) is 11.3 Å². The van der Waals surface area contributed by atoms with Gasteiger partial charge in [0.25, 0.3) is 0 Å². The number of carbonyl (C=O) groups excluding carboxylic acids is 1. The summed E-state index contributed by atoms with van der Waals surface area (Å²) in [6.45, 7) is 2.26. The van der Waals surface area contributed by atoms with Crippen molar-refractivity contribution < 1.29 is 14.6 Å². The lowest BCUT2D eigenvalue weighted by Crippen LogP contribution is -2.12. The van der Waals surface area contributed by atoms with Crippen LogP contribution in [-0.4, -0.2) is 22.2 Å². The lowest BCUT2D eigenvalue weighted by molar-refractivity contribution is 0.0515. The van der Waals surface area contributed by atoms with Crippen LogP contribution in [0.25, 0.3) is 10.9 Å². The third kappa shape index (κ3) is 3.47. The van der Waals surface area contributed by atoms with Gasteiger partial charge in [-0.3, -0.25) is 0 Å². The normalized spacial score (nSPS) is 11.1. The summed E-state index contributed by atoms with van der Waals surface area (Å²) in [5.74, 6) is -0.738. The molecular formula is C18H13Cl4NO3. The molecule has 0 aliphatic heterocycles. The molecule has 0 amide bonds. The topological polar surface area (TPSA) is 51.5 Å². The number of benzene rings is 2. The van der Waals surface area contributed by atoms with Gasteiger partial charge in [-0.2, -0.15) is 0 Å². The molecule has 0 atom stereocenters. The molecule has 26 heavy (non-hydrogen) atoms. The van der Waals surface area contributed by atoms with Gasteiger partial charge in [0.15, 0.2) is 5.75 Å². The molecule has 3 rings (SSSR count). The number of esters is 1. The van der Waals surface area contributed by atoms with E-state index in [2.05, 4.69) is 0 Å². The van der Waals surface area contributed by atoms with Crippen molar-refractivity contribution in [2.24, 2.45) is 0 Å². The highest BCUT2D eigenvalue weighted by Crippen LogP contribution is 2.40. The molecular weight excluding hydrogens is 420 g/mol. The fourth-order valence-corrected chi connectivity index (χ4v) is 3.50. The van der Waals surface area contributed by atoms with Crippen LogP contribution in [0.1, 0.15) is 23.0 Å². The molecule has 0 bridgehead atoms. The van der Waals surface area contributed by atoms with Gasteiger partial charge in [0.1, 0.15) is 5.69 Å². The molecule has 0 saturated carbocycles. The zero-order valence-corrected chi connectivity index (χ0v) is 16.5. The zero-order valence-electron chi connectivity index (χ0n) is 13.5. The highest BCUT2D eigenvalue weighted by Gasteiger charge is 2.21. The molecule has 1 heterocycles. The number of halogens is 4. The lowest BCUT2D eigenvalue weighted by Gasteiger charge is -2.12. The minimum absolute atomic E-state index is 0.0749. The molecule has 8 heteroatoms. The number of nitrogens with zero attached hydrogens (tertiary/aromatic N) is 1. The average Bonchev–Trinajstić information content (AvgIpc) is 2.95. The van der Waals surface area contributed by atoms with E-state index < -0.39 is 5.97 Å². The second-order valence-electron chi connectivity index (χ2n) is 5.54. The number of carbonyl (C=O) groups is 1. The Morgan fingerprint density at radius 1 is 1.08 bits per heavy atom. The number of hydrogen-bond donors (Lipinski definition) is 1. The van der Waals surface area contributed by atoms with Gasteiger partial charge in [0.05, 0.1) is 32.2 Å². The molecule has 0 saturated heterocycles. The van der Waals surface area contributed by atoms with E-state index >= 15 is 0 Å². The molecule has 2 aromatic carbocycles. The van der Waals surface area contributed by atoms with Gasteiger partial charge in [-0.25, -0.2) is 4.79 Å². The summed E-state index contributed by atoms with van der Waals surface area (Å²) in [6, 6.07) is 8.33. The summed E-state index contributed by atoms with van der Waals surface area (Å²) in [4.78, 5) is 12.4. The van der Waals surface area contributed by atoms with Gasteiger partial charge in [-0.1, -0.05) is 52.5 Å². The fraction of sp³-hybridized carbons (Fsp3) is 0.167. The summed E-state index contributed by atoms with van der Waals surface area (Å²) >= 11 is 24.3. The van der Waals surface area contributed by atoms with Gasteiger partial charge >= 0.3 is 5.97 Å². The molecule has 0 spiro atoms. The van der Waals surface area contributed by atoms with Crippen LogP contribution >= 0.6 is 46.4 Å². The highest BCUT2D eigenvalue weighted by molar-refractivity contribution is 6.42. The van der Waals surface area contributed by atoms with Crippen LogP contribution in [0.4, 0.5) is 0 Å². The van der Waals surface area contributed by atoms with Crippen molar-refractivity contribution in [3.05, 3.63) is 61.7 Å². The maximum atomic E-state index is 12.4. The van der Waals surface area contributed by atoms with Crippen molar-refractivity contribution >= 4 is 63.3 Å². The minimum Gasteiger partial charge on any atom is -0.505 e. The van der Waals surface area contributed by atoms with E-state index in [0.717, 1.165) is 5.56 Å².